The molecular weight excluding hydrogens is 194 g/mol. The van der Waals surface area contributed by atoms with Gasteiger partial charge in [0.25, 0.3) is 0 Å². The predicted molar refractivity (Wildman–Crippen MR) is 57.8 cm³/mol. The van der Waals surface area contributed by atoms with E-state index in [0.29, 0.717) is 11.6 Å². The number of aromatic nitrogens is 2. The first-order chi connectivity index (χ1) is 6.85. The van der Waals surface area contributed by atoms with Crippen LogP contribution >= 0.6 is 0 Å². The van der Waals surface area contributed by atoms with Gasteiger partial charge in [-0.2, -0.15) is 0 Å². The van der Waals surface area contributed by atoms with Gasteiger partial charge in [-0.1, -0.05) is 0 Å². The zero-order chi connectivity index (χ0) is 11.6. The molecule has 1 aromatic rings. The van der Waals surface area contributed by atoms with E-state index in [2.05, 4.69) is 16.7 Å². The molecule has 0 radical (unpaired) electrons. The highest BCUT2D eigenvalue weighted by Gasteiger charge is 2.21. The lowest BCUT2D eigenvalue weighted by Gasteiger charge is -2.20. The summed E-state index contributed by atoms with van der Waals surface area (Å²) >= 11 is 0. The van der Waals surface area contributed by atoms with Gasteiger partial charge < -0.3 is 4.74 Å². The number of nitrogens with zero attached hydrogens (tertiary/aromatic N) is 3. The third-order valence-corrected chi connectivity index (χ3v) is 1.66. The first kappa shape index (κ1) is 11.4. The van der Waals surface area contributed by atoms with Gasteiger partial charge in [0, 0.05) is 0 Å². The van der Waals surface area contributed by atoms with E-state index in [1.165, 1.54) is 10.8 Å². The van der Waals surface area contributed by atoms with Gasteiger partial charge >= 0.3 is 6.09 Å². The summed E-state index contributed by atoms with van der Waals surface area (Å²) in [6, 6.07) is 0. The number of hydrogen-bond acceptors (Lipinski definition) is 4. The summed E-state index contributed by atoms with van der Waals surface area (Å²) in [6.45, 7) is 10.5. The molecule has 1 rings (SSSR count). The Hall–Kier alpha value is -1.65. The molecule has 0 aliphatic rings. The Labute approximate surface area is 88.8 Å². The second-order valence-electron chi connectivity index (χ2n) is 4.14. The molecule has 0 amide bonds. The van der Waals surface area contributed by atoms with Crippen LogP contribution in [-0.4, -0.2) is 28.0 Å². The third kappa shape index (κ3) is 2.65. The normalized spacial score (nSPS) is 11.2. The van der Waals surface area contributed by atoms with E-state index in [4.69, 9.17) is 4.74 Å². The Morgan fingerprint density at radius 2 is 2.20 bits per heavy atom. The van der Waals surface area contributed by atoms with Crippen LogP contribution in [0.5, 0.6) is 0 Å². The van der Waals surface area contributed by atoms with Crippen molar-refractivity contribution in [2.75, 3.05) is 0 Å². The Morgan fingerprint density at radius 1 is 1.60 bits per heavy atom. The SMILES string of the molecule is C=Nc1cnc(C)n1C(=O)OC(C)(C)C. The number of ether oxygens (including phenoxy) is 1. The van der Waals surface area contributed by atoms with Gasteiger partial charge in [-0.25, -0.2) is 19.3 Å². The van der Waals surface area contributed by atoms with Crippen molar-refractivity contribution in [3.8, 4) is 0 Å². The Balaban J connectivity index is 3.00. The van der Waals surface area contributed by atoms with Gasteiger partial charge in [-0.05, 0) is 34.4 Å². The number of carbonyl (C=O) groups is 1. The summed E-state index contributed by atoms with van der Waals surface area (Å²) in [5.41, 5.74) is -0.535. The van der Waals surface area contributed by atoms with Crippen molar-refractivity contribution in [3.05, 3.63) is 12.0 Å². The molecular formula is C10H15N3O2. The second kappa shape index (κ2) is 3.84. The lowest BCUT2D eigenvalue weighted by atomic mass is 10.2. The highest BCUT2D eigenvalue weighted by atomic mass is 16.6. The Morgan fingerprint density at radius 3 is 2.67 bits per heavy atom. The molecule has 0 aromatic carbocycles. The van der Waals surface area contributed by atoms with Crippen molar-refractivity contribution in [2.45, 2.75) is 33.3 Å². The molecule has 0 saturated carbocycles. The van der Waals surface area contributed by atoms with Gasteiger partial charge in [0.15, 0.2) is 5.82 Å². The lowest BCUT2D eigenvalue weighted by Crippen LogP contribution is -2.27. The van der Waals surface area contributed by atoms with Crippen molar-refractivity contribution in [1.82, 2.24) is 9.55 Å². The van der Waals surface area contributed by atoms with Crippen molar-refractivity contribution < 1.29 is 9.53 Å². The fourth-order valence-electron chi connectivity index (χ4n) is 1.08. The van der Waals surface area contributed by atoms with Gasteiger partial charge in [-0.3, -0.25) is 0 Å². The Kier molecular flexibility index (Phi) is 2.93. The van der Waals surface area contributed by atoms with Gasteiger partial charge in [0.1, 0.15) is 11.4 Å². The average Bonchev–Trinajstić information content (AvgIpc) is 2.43. The number of aliphatic imine (C=N–C) groups is 1. The lowest BCUT2D eigenvalue weighted by molar-refractivity contribution is 0.0536. The first-order valence-corrected chi connectivity index (χ1v) is 4.59. The van der Waals surface area contributed by atoms with Crippen LogP contribution in [0.15, 0.2) is 11.2 Å². The van der Waals surface area contributed by atoms with E-state index in [1.807, 2.05) is 0 Å². The highest BCUT2D eigenvalue weighted by molar-refractivity contribution is 5.75. The summed E-state index contributed by atoms with van der Waals surface area (Å²) < 4.78 is 6.49. The van der Waals surface area contributed by atoms with E-state index in [-0.39, 0.29) is 0 Å². The summed E-state index contributed by atoms with van der Waals surface area (Å²) in [6.07, 6.45) is 0.992. The zero-order valence-corrected chi connectivity index (χ0v) is 9.44. The molecule has 1 heterocycles. The van der Waals surface area contributed by atoms with Crippen molar-refractivity contribution in [3.63, 3.8) is 0 Å². The molecule has 0 saturated heterocycles. The highest BCUT2D eigenvalue weighted by Crippen LogP contribution is 2.17. The molecule has 5 nitrogen and oxygen atoms in total. The largest absolute Gasteiger partial charge is 0.443 e. The molecule has 0 aliphatic carbocycles. The summed E-state index contributed by atoms with van der Waals surface area (Å²) in [5.74, 6) is 0.924. The molecule has 82 valence electrons. The van der Waals surface area contributed by atoms with Crippen LogP contribution in [0.4, 0.5) is 10.6 Å². The molecule has 0 bridgehead atoms. The van der Waals surface area contributed by atoms with Crippen LogP contribution in [0, 0.1) is 6.92 Å². The molecule has 0 N–H and O–H groups in total. The van der Waals surface area contributed by atoms with E-state index >= 15 is 0 Å². The van der Waals surface area contributed by atoms with Gasteiger partial charge in [-0.15, -0.1) is 0 Å². The van der Waals surface area contributed by atoms with Crippen molar-refractivity contribution in [1.29, 1.82) is 0 Å². The van der Waals surface area contributed by atoms with Crippen LogP contribution in [0.25, 0.3) is 0 Å². The molecule has 5 heteroatoms. The maximum absolute atomic E-state index is 11.7. The van der Waals surface area contributed by atoms with Crippen molar-refractivity contribution >= 4 is 18.6 Å². The molecule has 0 spiro atoms. The standard InChI is InChI=1S/C10H15N3O2/c1-7-12-6-8(11-5)13(7)9(14)15-10(2,3)4/h6H,5H2,1-4H3. The second-order valence-corrected chi connectivity index (χ2v) is 4.14. The third-order valence-electron chi connectivity index (χ3n) is 1.66. The van der Waals surface area contributed by atoms with Gasteiger partial charge in [0.2, 0.25) is 0 Å². The first-order valence-electron chi connectivity index (χ1n) is 4.59. The smallest absolute Gasteiger partial charge is 0.421 e. The molecule has 15 heavy (non-hydrogen) atoms. The summed E-state index contributed by atoms with van der Waals surface area (Å²) in [4.78, 5) is 19.4. The molecule has 0 aliphatic heterocycles. The number of aryl methyl sites for hydroxylation is 1. The van der Waals surface area contributed by atoms with Crippen LogP contribution in [0.1, 0.15) is 26.6 Å². The molecule has 0 atom stereocenters. The van der Waals surface area contributed by atoms with Crippen LogP contribution in [0.2, 0.25) is 0 Å². The summed E-state index contributed by atoms with van der Waals surface area (Å²) in [7, 11) is 0. The number of hydrogen-bond donors (Lipinski definition) is 0. The zero-order valence-electron chi connectivity index (χ0n) is 9.44. The molecule has 0 unspecified atom stereocenters. The number of rotatable bonds is 1. The predicted octanol–water partition coefficient (Wildman–Crippen LogP) is 2.31. The fourth-order valence-corrected chi connectivity index (χ4v) is 1.08. The average molecular weight is 209 g/mol. The van der Waals surface area contributed by atoms with Crippen LogP contribution in [0.3, 0.4) is 0 Å². The minimum absolute atomic E-state index is 0.391. The molecule has 0 fully saturated rings. The monoisotopic (exact) mass is 209 g/mol. The maximum Gasteiger partial charge on any atom is 0.421 e. The van der Waals surface area contributed by atoms with E-state index < -0.39 is 11.7 Å². The number of carbonyl (C=O) groups excluding carboxylic acids is 1. The van der Waals surface area contributed by atoms with E-state index in [9.17, 15) is 4.79 Å². The topological polar surface area (TPSA) is 56.5 Å². The van der Waals surface area contributed by atoms with Crippen LogP contribution < -0.4 is 0 Å². The van der Waals surface area contributed by atoms with Crippen molar-refractivity contribution in [2.24, 2.45) is 4.99 Å². The Bertz CT molecular complexity index is 388. The number of imidazole rings is 1. The summed E-state index contributed by atoms with van der Waals surface area (Å²) in [5, 5.41) is 0. The van der Waals surface area contributed by atoms with E-state index in [0.717, 1.165) is 0 Å². The van der Waals surface area contributed by atoms with Crippen LogP contribution in [-0.2, 0) is 4.74 Å². The van der Waals surface area contributed by atoms with Gasteiger partial charge in [0.05, 0.1) is 6.20 Å². The minimum Gasteiger partial charge on any atom is -0.443 e. The maximum atomic E-state index is 11.7. The van der Waals surface area contributed by atoms with E-state index in [1.54, 1.807) is 27.7 Å². The minimum atomic E-state index is -0.535. The fraction of sp³-hybridized carbons (Fsp3) is 0.500. The quantitative estimate of drug-likeness (QED) is 0.667. The molecule has 1 aromatic heterocycles.